The molecule has 1 aromatic carbocycles. The number of carbonyl (C=O) groups is 1. The van der Waals surface area contributed by atoms with Crippen molar-refractivity contribution in [1.82, 2.24) is 20.5 Å². The topological polar surface area (TPSA) is 115 Å². The van der Waals surface area contributed by atoms with Crippen LogP contribution in [0.1, 0.15) is 27.4 Å². The molecule has 0 radical (unpaired) electrons. The SMILES string of the molecule is COCc1cc(CNC(=O)c2ccc(-c3cc(OC)c(C)nc3N)cc2)[nH]n1. The van der Waals surface area contributed by atoms with Crippen LogP contribution < -0.4 is 15.8 Å². The van der Waals surface area contributed by atoms with Crippen molar-refractivity contribution in [2.24, 2.45) is 0 Å². The predicted molar refractivity (Wildman–Crippen MR) is 106 cm³/mol. The Morgan fingerprint density at radius 3 is 2.64 bits per heavy atom. The zero-order valence-electron chi connectivity index (χ0n) is 16.1. The number of H-pyrrole nitrogens is 1. The van der Waals surface area contributed by atoms with Crippen molar-refractivity contribution in [3.05, 3.63) is 59.0 Å². The predicted octanol–water partition coefficient (Wildman–Crippen LogP) is 2.45. The quantitative estimate of drug-likeness (QED) is 0.579. The van der Waals surface area contributed by atoms with Gasteiger partial charge in [-0.25, -0.2) is 4.98 Å². The number of aromatic amines is 1. The van der Waals surface area contributed by atoms with Gasteiger partial charge in [0.1, 0.15) is 11.6 Å². The molecule has 3 rings (SSSR count). The molecule has 0 aliphatic rings. The fourth-order valence-corrected chi connectivity index (χ4v) is 2.84. The lowest BCUT2D eigenvalue weighted by molar-refractivity contribution is 0.0950. The minimum absolute atomic E-state index is 0.179. The molecule has 0 spiro atoms. The molecule has 146 valence electrons. The van der Waals surface area contributed by atoms with Gasteiger partial charge in [0.15, 0.2) is 0 Å². The highest BCUT2D eigenvalue weighted by atomic mass is 16.5. The third kappa shape index (κ3) is 4.29. The molecule has 0 bridgehead atoms. The first kappa shape index (κ1) is 19.4. The van der Waals surface area contributed by atoms with E-state index in [4.69, 9.17) is 15.2 Å². The Morgan fingerprint density at radius 1 is 1.21 bits per heavy atom. The number of hydrogen-bond donors (Lipinski definition) is 3. The van der Waals surface area contributed by atoms with Crippen molar-refractivity contribution in [3.63, 3.8) is 0 Å². The number of rotatable bonds is 7. The minimum Gasteiger partial charge on any atom is -0.495 e. The third-order valence-electron chi connectivity index (χ3n) is 4.29. The number of ether oxygens (including phenoxy) is 2. The molecule has 0 fully saturated rings. The summed E-state index contributed by atoms with van der Waals surface area (Å²) in [6, 6.07) is 10.9. The van der Waals surface area contributed by atoms with E-state index in [-0.39, 0.29) is 5.91 Å². The van der Waals surface area contributed by atoms with Crippen molar-refractivity contribution < 1.29 is 14.3 Å². The first-order chi connectivity index (χ1) is 13.5. The van der Waals surface area contributed by atoms with Crippen molar-refractivity contribution >= 4 is 11.7 Å². The van der Waals surface area contributed by atoms with E-state index in [0.717, 1.165) is 28.2 Å². The monoisotopic (exact) mass is 381 g/mol. The second kappa shape index (κ2) is 8.53. The lowest BCUT2D eigenvalue weighted by Gasteiger charge is -2.11. The molecule has 2 heterocycles. The number of nitrogens with zero attached hydrogens (tertiary/aromatic N) is 2. The number of carbonyl (C=O) groups excluding carboxylic acids is 1. The molecule has 0 aliphatic carbocycles. The van der Waals surface area contributed by atoms with Crippen LogP contribution in [0.3, 0.4) is 0 Å². The maximum absolute atomic E-state index is 12.4. The summed E-state index contributed by atoms with van der Waals surface area (Å²) in [5, 5.41) is 9.83. The number of amides is 1. The first-order valence-electron chi connectivity index (χ1n) is 8.73. The van der Waals surface area contributed by atoms with Crippen molar-refractivity contribution in [2.75, 3.05) is 20.0 Å². The van der Waals surface area contributed by atoms with Crippen LogP contribution in [0.2, 0.25) is 0 Å². The van der Waals surface area contributed by atoms with E-state index >= 15 is 0 Å². The molecule has 0 saturated heterocycles. The molecule has 0 aliphatic heterocycles. The third-order valence-corrected chi connectivity index (χ3v) is 4.29. The number of nitrogen functional groups attached to an aromatic ring is 1. The molecule has 8 heteroatoms. The molecule has 28 heavy (non-hydrogen) atoms. The summed E-state index contributed by atoms with van der Waals surface area (Å²) >= 11 is 0. The van der Waals surface area contributed by atoms with Crippen LogP contribution in [-0.2, 0) is 17.9 Å². The van der Waals surface area contributed by atoms with Crippen molar-refractivity contribution in [2.45, 2.75) is 20.1 Å². The molecule has 1 amide bonds. The lowest BCUT2D eigenvalue weighted by atomic mass is 10.0. The zero-order chi connectivity index (χ0) is 20.1. The average molecular weight is 381 g/mol. The highest BCUT2D eigenvalue weighted by molar-refractivity contribution is 5.94. The smallest absolute Gasteiger partial charge is 0.251 e. The van der Waals surface area contributed by atoms with Gasteiger partial charge in [-0.3, -0.25) is 9.89 Å². The van der Waals surface area contributed by atoms with E-state index < -0.39 is 0 Å². The Bertz CT molecular complexity index is 966. The van der Waals surface area contributed by atoms with Crippen LogP contribution >= 0.6 is 0 Å². The summed E-state index contributed by atoms with van der Waals surface area (Å²) in [6.07, 6.45) is 0. The number of nitrogens with two attached hydrogens (primary N) is 1. The number of methoxy groups -OCH3 is 2. The second-order valence-electron chi connectivity index (χ2n) is 6.29. The summed E-state index contributed by atoms with van der Waals surface area (Å²) in [5.41, 5.74) is 10.5. The molecule has 3 aromatic rings. The minimum atomic E-state index is -0.179. The largest absolute Gasteiger partial charge is 0.495 e. The van der Waals surface area contributed by atoms with Gasteiger partial charge < -0.3 is 20.5 Å². The average Bonchev–Trinajstić information content (AvgIpc) is 3.14. The Balaban J connectivity index is 1.69. The number of benzene rings is 1. The molecule has 0 unspecified atom stereocenters. The van der Waals surface area contributed by atoms with E-state index in [2.05, 4.69) is 20.5 Å². The van der Waals surface area contributed by atoms with Gasteiger partial charge in [-0.2, -0.15) is 5.10 Å². The van der Waals surface area contributed by atoms with Gasteiger partial charge in [0, 0.05) is 18.2 Å². The number of aromatic nitrogens is 3. The summed E-state index contributed by atoms with van der Waals surface area (Å²) in [6.45, 7) is 2.61. The Morgan fingerprint density at radius 2 is 1.96 bits per heavy atom. The maximum Gasteiger partial charge on any atom is 0.251 e. The fraction of sp³-hybridized carbons (Fsp3) is 0.250. The molecule has 0 atom stereocenters. The lowest BCUT2D eigenvalue weighted by Crippen LogP contribution is -2.22. The van der Waals surface area contributed by atoms with E-state index in [1.54, 1.807) is 26.4 Å². The van der Waals surface area contributed by atoms with Crippen LogP contribution in [-0.4, -0.2) is 35.3 Å². The van der Waals surface area contributed by atoms with E-state index in [9.17, 15) is 4.79 Å². The van der Waals surface area contributed by atoms with Gasteiger partial charge in [0.25, 0.3) is 5.91 Å². The van der Waals surface area contributed by atoms with Gasteiger partial charge in [-0.1, -0.05) is 12.1 Å². The molecular formula is C20H23N5O3. The van der Waals surface area contributed by atoms with Crippen molar-refractivity contribution in [1.29, 1.82) is 0 Å². The summed E-state index contributed by atoms with van der Waals surface area (Å²) in [7, 11) is 3.20. The van der Waals surface area contributed by atoms with E-state index in [1.807, 2.05) is 31.2 Å². The van der Waals surface area contributed by atoms with Gasteiger partial charge >= 0.3 is 0 Å². The molecule has 2 aromatic heterocycles. The highest BCUT2D eigenvalue weighted by Crippen LogP contribution is 2.30. The van der Waals surface area contributed by atoms with Crippen LogP contribution in [0.5, 0.6) is 5.75 Å². The van der Waals surface area contributed by atoms with Gasteiger partial charge in [-0.05, 0) is 36.8 Å². The highest BCUT2D eigenvalue weighted by Gasteiger charge is 2.11. The van der Waals surface area contributed by atoms with Crippen LogP contribution in [0.4, 0.5) is 5.82 Å². The summed E-state index contributed by atoms with van der Waals surface area (Å²) in [5.74, 6) is 0.905. The zero-order valence-corrected chi connectivity index (χ0v) is 16.1. The maximum atomic E-state index is 12.4. The number of aryl methyl sites for hydroxylation is 1. The standard InChI is InChI=1S/C20H23N5O3/c1-12-18(28-3)9-17(19(21)23-12)13-4-6-14(7-5-13)20(26)22-10-15-8-16(11-27-2)25-24-15/h4-9H,10-11H2,1-3H3,(H2,21,23)(H,22,26)(H,24,25). The Kier molecular flexibility index (Phi) is 5.90. The number of nitrogens with one attached hydrogen (secondary N) is 2. The Labute approximate surface area is 163 Å². The molecule has 0 saturated carbocycles. The van der Waals surface area contributed by atoms with Crippen LogP contribution in [0.25, 0.3) is 11.1 Å². The van der Waals surface area contributed by atoms with E-state index in [1.165, 1.54) is 0 Å². The summed E-state index contributed by atoms with van der Waals surface area (Å²) in [4.78, 5) is 16.7. The second-order valence-corrected chi connectivity index (χ2v) is 6.29. The first-order valence-corrected chi connectivity index (χ1v) is 8.73. The Hall–Kier alpha value is -3.39. The normalized spacial score (nSPS) is 10.7. The molecule has 8 nitrogen and oxygen atoms in total. The van der Waals surface area contributed by atoms with Crippen LogP contribution in [0.15, 0.2) is 36.4 Å². The van der Waals surface area contributed by atoms with E-state index in [0.29, 0.717) is 30.3 Å². The molecular weight excluding hydrogens is 358 g/mol. The summed E-state index contributed by atoms with van der Waals surface area (Å²) < 4.78 is 10.3. The number of anilines is 1. The van der Waals surface area contributed by atoms with Crippen LogP contribution in [0, 0.1) is 6.92 Å². The van der Waals surface area contributed by atoms with Crippen molar-refractivity contribution in [3.8, 4) is 16.9 Å². The number of pyridine rings is 1. The van der Waals surface area contributed by atoms with Gasteiger partial charge in [0.05, 0.1) is 37.3 Å². The fourth-order valence-electron chi connectivity index (χ4n) is 2.84. The van der Waals surface area contributed by atoms with Gasteiger partial charge in [0.2, 0.25) is 0 Å². The van der Waals surface area contributed by atoms with Gasteiger partial charge in [-0.15, -0.1) is 0 Å². The number of hydrogen-bond acceptors (Lipinski definition) is 6. The molecule has 4 N–H and O–H groups in total.